The van der Waals surface area contributed by atoms with Gasteiger partial charge in [0.2, 0.25) is 5.91 Å². The Morgan fingerprint density at radius 3 is 2.58 bits per heavy atom. The lowest BCUT2D eigenvalue weighted by molar-refractivity contribution is -0.127. The predicted octanol–water partition coefficient (Wildman–Crippen LogP) is 4.47. The molecule has 1 atom stereocenters. The lowest BCUT2D eigenvalue weighted by Gasteiger charge is -2.32. The van der Waals surface area contributed by atoms with E-state index in [1.807, 2.05) is 73.4 Å². The molecule has 0 spiro atoms. The van der Waals surface area contributed by atoms with Crippen molar-refractivity contribution in [3.8, 4) is 5.75 Å². The summed E-state index contributed by atoms with van der Waals surface area (Å²) in [5.41, 5.74) is 2.87. The first-order chi connectivity index (χ1) is 15.0. The maximum Gasteiger partial charge on any atom is 0.319 e. The van der Waals surface area contributed by atoms with Gasteiger partial charge in [0.05, 0.1) is 6.61 Å². The van der Waals surface area contributed by atoms with Crippen LogP contribution in [0.1, 0.15) is 30.9 Å². The summed E-state index contributed by atoms with van der Waals surface area (Å²) >= 11 is 0. The Morgan fingerprint density at radius 2 is 1.87 bits per heavy atom. The number of ether oxygens (including phenoxy) is 1. The summed E-state index contributed by atoms with van der Waals surface area (Å²) in [4.78, 5) is 26.6. The van der Waals surface area contributed by atoms with Gasteiger partial charge < -0.3 is 20.3 Å². The number of carbonyl (C=O) groups excluding carboxylic acids is 2. The van der Waals surface area contributed by atoms with Crippen molar-refractivity contribution in [2.45, 2.75) is 26.7 Å². The summed E-state index contributed by atoms with van der Waals surface area (Å²) in [6.07, 6.45) is 5.39. The number of anilines is 1. The average molecular weight is 422 g/mol. The van der Waals surface area contributed by atoms with Crippen LogP contribution in [-0.2, 0) is 4.79 Å². The van der Waals surface area contributed by atoms with E-state index in [9.17, 15) is 9.59 Å². The van der Waals surface area contributed by atoms with Crippen LogP contribution in [0.25, 0.3) is 6.08 Å². The Kier molecular flexibility index (Phi) is 8.10. The summed E-state index contributed by atoms with van der Waals surface area (Å²) in [5.74, 6) is 1.08. The van der Waals surface area contributed by atoms with Crippen molar-refractivity contribution >= 4 is 23.7 Å². The number of likely N-dealkylation sites (tertiary alicyclic amines) is 1. The first-order valence-corrected chi connectivity index (χ1v) is 10.8. The van der Waals surface area contributed by atoms with Crippen LogP contribution in [0, 0.1) is 12.8 Å². The second kappa shape index (κ2) is 11.2. The second-order valence-corrected chi connectivity index (χ2v) is 7.83. The Morgan fingerprint density at radius 1 is 1.13 bits per heavy atom. The van der Waals surface area contributed by atoms with Gasteiger partial charge in [-0.2, -0.15) is 0 Å². The molecule has 2 N–H and O–H groups in total. The van der Waals surface area contributed by atoms with Crippen LogP contribution in [0.15, 0.2) is 54.6 Å². The molecule has 0 aromatic heterocycles. The fourth-order valence-electron chi connectivity index (χ4n) is 3.60. The summed E-state index contributed by atoms with van der Waals surface area (Å²) in [6.45, 7) is 6.53. The van der Waals surface area contributed by atoms with Gasteiger partial charge in [0, 0.05) is 31.4 Å². The summed E-state index contributed by atoms with van der Waals surface area (Å²) in [6, 6.07) is 15.1. The lowest BCUT2D eigenvalue weighted by Crippen LogP contribution is -2.43. The molecule has 1 heterocycles. The van der Waals surface area contributed by atoms with Gasteiger partial charge in [-0.25, -0.2) is 4.79 Å². The minimum absolute atomic E-state index is 0.00249. The molecule has 1 saturated heterocycles. The van der Waals surface area contributed by atoms with Gasteiger partial charge in [0.1, 0.15) is 5.75 Å². The Balaban J connectivity index is 1.45. The quantitative estimate of drug-likeness (QED) is 0.648. The van der Waals surface area contributed by atoms with E-state index in [0.29, 0.717) is 19.7 Å². The molecular formula is C25H31N3O3. The van der Waals surface area contributed by atoms with Crippen molar-refractivity contribution in [3.63, 3.8) is 0 Å². The number of urea groups is 1. The standard InChI is InChI=1S/C25H31N3O3/c1-3-31-23-13-8-20(9-14-23)10-15-24(29)28-16-4-5-21(18-28)17-26-25(30)27-22-11-6-19(2)7-12-22/h6-15,21H,3-5,16-18H2,1-2H3,(H2,26,27,30)/b15-10-/t21-/m1/s1. The van der Waals surface area contributed by atoms with E-state index >= 15 is 0 Å². The van der Waals surface area contributed by atoms with Crippen molar-refractivity contribution in [2.75, 3.05) is 31.6 Å². The van der Waals surface area contributed by atoms with Crippen LogP contribution in [0.4, 0.5) is 10.5 Å². The van der Waals surface area contributed by atoms with Gasteiger partial charge in [0.25, 0.3) is 0 Å². The monoisotopic (exact) mass is 421 g/mol. The van der Waals surface area contributed by atoms with E-state index in [-0.39, 0.29) is 17.9 Å². The number of rotatable bonds is 7. The lowest BCUT2D eigenvalue weighted by atomic mass is 9.98. The van der Waals surface area contributed by atoms with Gasteiger partial charge in [-0.15, -0.1) is 0 Å². The van der Waals surface area contributed by atoms with Crippen molar-refractivity contribution in [1.82, 2.24) is 10.2 Å². The van der Waals surface area contributed by atoms with E-state index in [4.69, 9.17) is 4.74 Å². The van der Waals surface area contributed by atoms with Gasteiger partial charge in [-0.05, 0) is 68.5 Å². The molecule has 6 heteroatoms. The molecule has 0 aliphatic carbocycles. The summed E-state index contributed by atoms with van der Waals surface area (Å²) in [5, 5.41) is 5.77. The predicted molar refractivity (Wildman–Crippen MR) is 124 cm³/mol. The highest BCUT2D eigenvalue weighted by Gasteiger charge is 2.22. The average Bonchev–Trinajstić information content (AvgIpc) is 2.79. The molecule has 2 aromatic carbocycles. The maximum atomic E-state index is 12.6. The van der Waals surface area contributed by atoms with Gasteiger partial charge in [0.15, 0.2) is 0 Å². The molecule has 1 fully saturated rings. The van der Waals surface area contributed by atoms with Crippen molar-refractivity contribution < 1.29 is 14.3 Å². The van der Waals surface area contributed by atoms with E-state index in [0.717, 1.165) is 42.0 Å². The molecule has 3 rings (SSSR count). The van der Waals surface area contributed by atoms with Crippen LogP contribution in [-0.4, -0.2) is 43.1 Å². The molecule has 1 aliphatic heterocycles. The molecule has 0 unspecified atom stereocenters. The molecule has 0 radical (unpaired) electrons. The number of hydrogen-bond donors (Lipinski definition) is 2. The van der Waals surface area contributed by atoms with Crippen molar-refractivity contribution in [1.29, 1.82) is 0 Å². The minimum atomic E-state index is -0.220. The third-order valence-corrected chi connectivity index (χ3v) is 5.30. The summed E-state index contributed by atoms with van der Waals surface area (Å²) < 4.78 is 5.44. The number of aryl methyl sites for hydroxylation is 1. The highest BCUT2D eigenvalue weighted by Crippen LogP contribution is 2.17. The SMILES string of the molecule is CCOc1ccc(/C=C\C(=O)N2CCC[C@H](CNC(=O)Nc3ccc(C)cc3)C2)cc1. The number of nitrogens with one attached hydrogen (secondary N) is 2. The third kappa shape index (κ3) is 7.17. The molecule has 0 saturated carbocycles. The minimum Gasteiger partial charge on any atom is -0.494 e. The number of carbonyl (C=O) groups is 2. The van der Waals surface area contributed by atoms with E-state index in [2.05, 4.69) is 10.6 Å². The molecule has 3 amide bonds. The first-order valence-electron chi connectivity index (χ1n) is 10.8. The smallest absolute Gasteiger partial charge is 0.319 e. The van der Waals surface area contributed by atoms with Gasteiger partial charge >= 0.3 is 6.03 Å². The van der Waals surface area contributed by atoms with Gasteiger partial charge in [-0.3, -0.25) is 4.79 Å². The largest absolute Gasteiger partial charge is 0.494 e. The number of benzene rings is 2. The second-order valence-electron chi connectivity index (χ2n) is 7.83. The molecular weight excluding hydrogens is 390 g/mol. The van der Waals surface area contributed by atoms with Crippen LogP contribution in [0.5, 0.6) is 5.75 Å². The molecule has 6 nitrogen and oxygen atoms in total. The maximum absolute atomic E-state index is 12.6. The highest BCUT2D eigenvalue weighted by molar-refractivity contribution is 5.92. The summed E-state index contributed by atoms with van der Waals surface area (Å²) in [7, 11) is 0. The zero-order valence-corrected chi connectivity index (χ0v) is 18.3. The van der Waals surface area contributed by atoms with Crippen molar-refractivity contribution in [2.24, 2.45) is 5.92 Å². The normalized spacial score (nSPS) is 16.2. The van der Waals surface area contributed by atoms with E-state index < -0.39 is 0 Å². The van der Waals surface area contributed by atoms with Crippen LogP contribution < -0.4 is 15.4 Å². The molecule has 31 heavy (non-hydrogen) atoms. The number of amides is 3. The third-order valence-electron chi connectivity index (χ3n) is 5.30. The van der Waals surface area contributed by atoms with Crippen LogP contribution >= 0.6 is 0 Å². The number of nitrogens with zero attached hydrogens (tertiary/aromatic N) is 1. The molecule has 0 bridgehead atoms. The van der Waals surface area contributed by atoms with E-state index in [1.165, 1.54) is 0 Å². The topological polar surface area (TPSA) is 70.7 Å². The van der Waals surface area contributed by atoms with Gasteiger partial charge in [-0.1, -0.05) is 29.8 Å². The molecule has 1 aliphatic rings. The first kappa shape index (κ1) is 22.4. The van der Waals surface area contributed by atoms with Crippen LogP contribution in [0.3, 0.4) is 0 Å². The fraction of sp³-hybridized carbons (Fsp3) is 0.360. The number of hydrogen-bond acceptors (Lipinski definition) is 3. The highest BCUT2D eigenvalue weighted by atomic mass is 16.5. The molecule has 164 valence electrons. The fourth-order valence-corrected chi connectivity index (χ4v) is 3.60. The number of piperidine rings is 1. The van der Waals surface area contributed by atoms with Crippen molar-refractivity contribution in [3.05, 3.63) is 65.7 Å². The Bertz CT molecular complexity index is 891. The Labute approximate surface area is 184 Å². The molecule has 2 aromatic rings. The van der Waals surface area contributed by atoms with Crippen LogP contribution in [0.2, 0.25) is 0 Å². The zero-order chi connectivity index (χ0) is 22.1. The Hall–Kier alpha value is -3.28. The van der Waals surface area contributed by atoms with E-state index in [1.54, 1.807) is 6.08 Å². The zero-order valence-electron chi connectivity index (χ0n) is 18.3.